The number of rotatable bonds is 4. The molecular formula is C19H15S. The molecule has 20 heavy (non-hydrogen) atoms. The van der Waals surface area contributed by atoms with Crippen LogP contribution in [0.4, 0.5) is 0 Å². The molecule has 0 nitrogen and oxygen atoms in total. The van der Waals surface area contributed by atoms with Crippen LogP contribution in [0.25, 0.3) is 11.1 Å². The molecule has 3 rings (SSSR count). The van der Waals surface area contributed by atoms with Gasteiger partial charge in [0.1, 0.15) is 0 Å². The molecule has 0 unspecified atom stereocenters. The van der Waals surface area contributed by atoms with E-state index in [1.165, 1.54) is 21.6 Å². The van der Waals surface area contributed by atoms with Crippen LogP contribution in [0, 0.1) is 6.07 Å². The molecule has 0 aromatic heterocycles. The summed E-state index contributed by atoms with van der Waals surface area (Å²) in [5.74, 6) is 0.985. The molecule has 0 bridgehead atoms. The Bertz CT molecular complexity index is 660. The van der Waals surface area contributed by atoms with Crippen LogP contribution in [0.15, 0.2) is 83.8 Å². The summed E-state index contributed by atoms with van der Waals surface area (Å²) in [6.45, 7) is 0. The van der Waals surface area contributed by atoms with Crippen molar-refractivity contribution in [2.45, 2.75) is 10.6 Å². The van der Waals surface area contributed by atoms with Gasteiger partial charge in [0.15, 0.2) is 0 Å². The highest BCUT2D eigenvalue weighted by atomic mass is 32.2. The molecule has 3 aromatic carbocycles. The lowest BCUT2D eigenvalue weighted by Gasteiger charge is -2.09. The summed E-state index contributed by atoms with van der Waals surface area (Å²) < 4.78 is 0. The van der Waals surface area contributed by atoms with E-state index >= 15 is 0 Å². The standard InChI is InChI=1S/C19H15S/c1-3-9-16(10-4-1)15-20-19-14-8-7-13-18(19)17-11-5-2-6-12-17/h1-12,14H,15H2. The fraction of sp³-hybridized carbons (Fsp3) is 0.0526. The highest BCUT2D eigenvalue weighted by Crippen LogP contribution is 2.32. The summed E-state index contributed by atoms with van der Waals surface area (Å²) in [7, 11) is 0. The van der Waals surface area contributed by atoms with Crippen molar-refractivity contribution in [2.24, 2.45) is 0 Å². The Morgan fingerprint density at radius 1 is 0.750 bits per heavy atom. The largest absolute Gasteiger partial charge is 0.121 e. The Kier molecular flexibility index (Phi) is 4.19. The topological polar surface area (TPSA) is 0 Å². The zero-order chi connectivity index (χ0) is 13.6. The summed E-state index contributed by atoms with van der Waals surface area (Å²) in [4.78, 5) is 1.28. The quantitative estimate of drug-likeness (QED) is 0.571. The second-order valence-electron chi connectivity index (χ2n) is 4.55. The Morgan fingerprint density at radius 2 is 1.45 bits per heavy atom. The smallest absolute Gasteiger partial charge is 0.0232 e. The van der Waals surface area contributed by atoms with Crippen LogP contribution in [0.3, 0.4) is 0 Å². The van der Waals surface area contributed by atoms with Gasteiger partial charge < -0.3 is 0 Å². The maximum atomic E-state index is 3.37. The zero-order valence-electron chi connectivity index (χ0n) is 11.1. The van der Waals surface area contributed by atoms with Crippen LogP contribution in [-0.4, -0.2) is 0 Å². The van der Waals surface area contributed by atoms with Crippen LogP contribution < -0.4 is 0 Å². The van der Waals surface area contributed by atoms with Gasteiger partial charge in [0.2, 0.25) is 0 Å². The Hall–Kier alpha value is -1.99. The average molecular weight is 275 g/mol. The third kappa shape index (κ3) is 3.12. The molecule has 0 amide bonds. The Balaban J connectivity index is 1.84. The monoisotopic (exact) mass is 275 g/mol. The molecule has 3 aromatic rings. The van der Waals surface area contributed by atoms with E-state index in [1.807, 2.05) is 23.9 Å². The molecule has 1 heteroatoms. The van der Waals surface area contributed by atoms with Gasteiger partial charge in [-0.1, -0.05) is 72.8 Å². The summed E-state index contributed by atoms with van der Waals surface area (Å²) in [6.07, 6.45) is 0. The third-order valence-corrected chi connectivity index (χ3v) is 4.25. The fourth-order valence-corrected chi connectivity index (χ4v) is 3.12. The maximum absolute atomic E-state index is 3.37. The molecule has 0 aliphatic heterocycles. The molecule has 0 spiro atoms. The fourth-order valence-electron chi connectivity index (χ4n) is 2.11. The first-order chi connectivity index (χ1) is 9.93. The van der Waals surface area contributed by atoms with E-state index in [0.29, 0.717) is 0 Å². The van der Waals surface area contributed by atoms with Gasteiger partial charge in [-0.2, -0.15) is 0 Å². The predicted octanol–water partition coefficient (Wildman–Crippen LogP) is 5.45. The van der Waals surface area contributed by atoms with Crippen LogP contribution in [0.2, 0.25) is 0 Å². The Morgan fingerprint density at radius 3 is 2.20 bits per heavy atom. The minimum Gasteiger partial charge on any atom is -0.121 e. The highest BCUT2D eigenvalue weighted by Gasteiger charge is 2.05. The van der Waals surface area contributed by atoms with Gasteiger partial charge in [0.05, 0.1) is 0 Å². The van der Waals surface area contributed by atoms with Gasteiger partial charge in [-0.3, -0.25) is 0 Å². The van der Waals surface area contributed by atoms with Gasteiger partial charge in [0.25, 0.3) is 0 Å². The molecule has 0 N–H and O–H groups in total. The van der Waals surface area contributed by atoms with Crippen LogP contribution in [0.1, 0.15) is 5.56 Å². The molecule has 0 atom stereocenters. The molecule has 0 saturated carbocycles. The van der Waals surface area contributed by atoms with Gasteiger partial charge in [0, 0.05) is 16.2 Å². The van der Waals surface area contributed by atoms with Gasteiger partial charge in [-0.25, -0.2) is 0 Å². The maximum Gasteiger partial charge on any atom is 0.0232 e. The minimum atomic E-state index is 0.985. The van der Waals surface area contributed by atoms with E-state index in [4.69, 9.17) is 0 Å². The SMILES string of the molecule is [c]1cccc(SCc2ccccc2)c1-c1ccccc1. The summed E-state index contributed by atoms with van der Waals surface area (Å²) >= 11 is 1.86. The van der Waals surface area contributed by atoms with Crippen molar-refractivity contribution in [3.8, 4) is 11.1 Å². The second kappa shape index (κ2) is 6.44. The van der Waals surface area contributed by atoms with Crippen molar-refractivity contribution in [2.75, 3.05) is 0 Å². The van der Waals surface area contributed by atoms with Crippen LogP contribution >= 0.6 is 11.8 Å². The van der Waals surface area contributed by atoms with Crippen molar-refractivity contribution in [1.82, 2.24) is 0 Å². The van der Waals surface area contributed by atoms with E-state index in [-0.39, 0.29) is 0 Å². The van der Waals surface area contributed by atoms with E-state index < -0.39 is 0 Å². The van der Waals surface area contributed by atoms with Gasteiger partial charge in [-0.15, -0.1) is 11.8 Å². The van der Waals surface area contributed by atoms with Crippen molar-refractivity contribution in [3.63, 3.8) is 0 Å². The average Bonchev–Trinajstić information content (AvgIpc) is 2.55. The normalized spacial score (nSPS) is 10.4. The number of hydrogen-bond donors (Lipinski definition) is 0. The Labute approximate surface area is 124 Å². The lowest BCUT2D eigenvalue weighted by Crippen LogP contribution is -1.84. The zero-order valence-corrected chi connectivity index (χ0v) is 11.9. The minimum absolute atomic E-state index is 0.985. The van der Waals surface area contributed by atoms with Crippen LogP contribution in [-0.2, 0) is 5.75 Å². The molecule has 0 saturated heterocycles. The van der Waals surface area contributed by atoms with Gasteiger partial charge >= 0.3 is 0 Å². The van der Waals surface area contributed by atoms with Crippen molar-refractivity contribution in [1.29, 1.82) is 0 Å². The summed E-state index contributed by atoms with van der Waals surface area (Å²) in [5, 5.41) is 0. The van der Waals surface area contributed by atoms with E-state index in [0.717, 1.165) is 5.75 Å². The van der Waals surface area contributed by atoms with Crippen molar-refractivity contribution >= 4 is 11.8 Å². The lowest BCUT2D eigenvalue weighted by atomic mass is 10.1. The molecular weight excluding hydrogens is 260 g/mol. The van der Waals surface area contributed by atoms with Crippen LogP contribution in [0.5, 0.6) is 0 Å². The van der Waals surface area contributed by atoms with E-state index in [1.54, 1.807) is 0 Å². The molecule has 97 valence electrons. The highest BCUT2D eigenvalue weighted by molar-refractivity contribution is 7.98. The van der Waals surface area contributed by atoms with E-state index in [9.17, 15) is 0 Å². The van der Waals surface area contributed by atoms with Crippen molar-refractivity contribution in [3.05, 3.63) is 90.5 Å². The molecule has 1 radical (unpaired) electrons. The number of thioether (sulfide) groups is 1. The molecule has 0 heterocycles. The first-order valence-corrected chi connectivity index (χ1v) is 7.65. The molecule has 0 fully saturated rings. The predicted molar refractivity (Wildman–Crippen MR) is 86.7 cm³/mol. The summed E-state index contributed by atoms with van der Waals surface area (Å²) in [6, 6.07) is 30.6. The first-order valence-electron chi connectivity index (χ1n) is 6.66. The second-order valence-corrected chi connectivity index (χ2v) is 5.57. The lowest BCUT2D eigenvalue weighted by molar-refractivity contribution is 1.38. The molecule has 0 aliphatic carbocycles. The first kappa shape index (κ1) is 13.0. The number of benzene rings is 3. The number of hydrogen-bond acceptors (Lipinski definition) is 1. The molecule has 0 aliphatic rings. The summed E-state index contributed by atoms with van der Waals surface area (Å²) in [5.41, 5.74) is 3.76. The third-order valence-electron chi connectivity index (χ3n) is 3.12. The van der Waals surface area contributed by atoms with Gasteiger partial charge in [-0.05, 0) is 23.3 Å². The van der Waals surface area contributed by atoms with E-state index in [2.05, 4.69) is 72.8 Å². The van der Waals surface area contributed by atoms with Crippen molar-refractivity contribution < 1.29 is 0 Å².